The molecule has 0 bridgehead atoms. The molecule has 1 aromatic heterocycles. The van der Waals surface area contributed by atoms with E-state index in [1.165, 1.54) is 21.7 Å². The second-order valence-electron chi connectivity index (χ2n) is 9.57. The maximum Gasteiger partial charge on any atom is 0.418 e. The van der Waals surface area contributed by atoms with Crippen molar-refractivity contribution >= 4 is 23.7 Å². The van der Waals surface area contributed by atoms with Crippen LogP contribution in [0.2, 0.25) is 0 Å². The normalized spacial score (nSPS) is 14.2. The average Bonchev–Trinajstić information content (AvgIpc) is 3.46. The smallest absolute Gasteiger partial charge is 0.418 e. The standard InChI is InChI=1S/C31H21F3N8O2/c1-20-26(18-37)27(23-12-10-21(17-36)11-13-23)42-29(41(20)25-9-5-8-24(16-25)31(32,33)34)38-28(39-42)40(15-14-35)30(43)44-19-22-6-3-2-4-7-22/h2-13,16,27H,15,19H2,1H3/t27-/m1/s1. The minimum atomic E-state index is -4.64. The molecule has 4 aromatic rings. The summed E-state index contributed by atoms with van der Waals surface area (Å²) in [4.78, 5) is 19.9. The number of nitriles is 3. The van der Waals surface area contributed by atoms with Crippen molar-refractivity contribution in [3.05, 3.63) is 112 Å². The first-order valence-electron chi connectivity index (χ1n) is 13.1. The number of anilines is 3. The van der Waals surface area contributed by atoms with Gasteiger partial charge in [0, 0.05) is 11.4 Å². The first-order chi connectivity index (χ1) is 21.2. The summed E-state index contributed by atoms with van der Waals surface area (Å²) < 4.78 is 47.7. The van der Waals surface area contributed by atoms with Crippen molar-refractivity contribution in [1.82, 2.24) is 14.8 Å². The van der Waals surface area contributed by atoms with Gasteiger partial charge < -0.3 is 4.74 Å². The summed E-state index contributed by atoms with van der Waals surface area (Å²) >= 11 is 0. The highest BCUT2D eigenvalue weighted by Gasteiger charge is 2.38. The van der Waals surface area contributed by atoms with Gasteiger partial charge in [-0.2, -0.15) is 33.9 Å². The summed E-state index contributed by atoms with van der Waals surface area (Å²) in [7, 11) is 0. The molecule has 3 aromatic carbocycles. The van der Waals surface area contributed by atoms with Crippen molar-refractivity contribution in [3.63, 3.8) is 0 Å². The predicted octanol–water partition coefficient (Wildman–Crippen LogP) is 6.37. The fraction of sp³-hybridized carbons (Fsp3) is 0.161. The van der Waals surface area contributed by atoms with Gasteiger partial charge in [-0.25, -0.2) is 14.4 Å². The summed E-state index contributed by atoms with van der Waals surface area (Å²) in [5.74, 6) is -0.272. The quantitative estimate of drug-likeness (QED) is 0.235. The van der Waals surface area contributed by atoms with E-state index in [0.717, 1.165) is 17.0 Å². The molecule has 0 spiro atoms. The van der Waals surface area contributed by atoms with Gasteiger partial charge in [0.05, 0.1) is 34.9 Å². The molecule has 1 atom stereocenters. The van der Waals surface area contributed by atoms with E-state index in [1.807, 2.05) is 12.1 Å². The van der Waals surface area contributed by atoms with Crippen molar-refractivity contribution in [2.45, 2.75) is 25.7 Å². The minimum Gasteiger partial charge on any atom is -0.444 e. The van der Waals surface area contributed by atoms with Crippen LogP contribution in [0.25, 0.3) is 0 Å². The molecule has 5 rings (SSSR count). The van der Waals surface area contributed by atoms with E-state index in [-0.39, 0.29) is 35.5 Å². The molecule has 0 fully saturated rings. The second-order valence-corrected chi connectivity index (χ2v) is 9.57. The van der Waals surface area contributed by atoms with E-state index < -0.39 is 30.4 Å². The number of carbonyl (C=O) groups excluding carboxylic acids is 1. The summed E-state index contributed by atoms with van der Waals surface area (Å²) in [6.45, 7) is 0.965. The molecular formula is C31H21F3N8O2. The number of hydrogen-bond acceptors (Lipinski definition) is 8. The third-order valence-electron chi connectivity index (χ3n) is 6.85. The molecule has 13 heteroatoms. The Bertz CT molecular complexity index is 1860. The van der Waals surface area contributed by atoms with Crippen LogP contribution in [0.1, 0.15) is 35.2 Å². The highest BCUT2D eigenvalue weighted by molar-refractivity contribution is 5.86. The Morgan fingerprint density at radius 2 is 1.73 bits per heavy atom. The lowest BCUT2D eigenvalue weighted by molar-refractivity contribution is -0.137. The largest absolute Gasteiger partial charge is 0.444 e. The summed E-state index contributed by atoms with van der Waals surface area (Å²) in [5, 5.41) is 33.5. The van der Waals surface area contributed by atoms with E-state index in [9.17, 15) is 33.8 Å². The van der Waals surface area contributed by atoms with Crippen LogP contribution >= 0.6 is 0 Å². The first-order valence-corrected chi connectivity index (χ1v) is 13.1. The van der Waals surface area contributed by atoms with Gasteiger partial charge >= 0.3 is 12.3 Å². The number of benzene rings is 3. The van der Waals surface area contributed by atoms with Crippen LogP contribution < -0.4 is 9.80 Å². The van der Waals surface area contributed by atoms with Crippen LogP contribution in [-0.2, 0) is 17.5 Å². The monoisotopic (exact) mass is 594 g/mol. The molecule has 10 nitrogen and oxygen atoms in total. The number of aromatic nitrogens is 3. The lowest BCUT2D eigenvalue weighted by atomic mass is 9.95. The molecule has 0 saturated carbocycles. The number of fused-ring (bicyclic) bond motifs is 1. The fourth-order valence-corrected chi connectivity index (χ4v) is 4.74. The van der Waals surface area contributed by atoms with Crippen LogP contribution in [0.5, 0.6) is 0 Å². The summed E-state index contributed by atoms with van der Waals surface area (Å²) in [6, 6.07) is 24.8. The van der Waals surface area contributed by atoms with Crippen molar-refractivity contribution in [2.75, 3.05) is 16.3 Å². The van der Waals surface area contributed by atoms with Crippen LogP contribution in [-0.4, -0.2) is 27.4 Å². The zero-order valence-corrected chi connectivity index (χ0v) is 23.0. The predicted molar refractivity (Wildman–Crippen MR) is 151 cm³/mol. The maximum atomic E-state index is 13.7. The highest BCUT2D eigenvalue weighted by Crippen LogP contribution is 2.43. The molecule has 0 unspecified atom stereocenters. The molecular weight excluding hydrogens is 573 g/mol. The van der Waals surface area contributed by atoms with Crippen molar-refractivity contribution in [3.8, 4) is 18.2 Å². The molecule has 1 aliphatic rings. The van der Waals surface area contributed by atoms with Crippen LogP contribution in [0.4, 0.5) is 35.5 Å². The van der Waals surface area contributed by atoms with E-state index in [2.05, 4.69) is 16.2 Å². The first kappa shape index (κ1) is 29.4. The van der Waals surface area contributed by atoms with Crippen LogP contribution in [0, 0.1) is 34.0 Å². The number of halogens is 3. The SMILES string of the molecule is CC1=C(C#N)[C@@H](c2ccc(C#N)cc2)n2nc(N(CC#N)C(=O)OCc3ccccc3)nc2N1c1cccc(C(F)(F)F)c1. The Hall–Kier alpha value is -6.13. The van der Waals surface area contributed by atoms with Gasteiger partial charge in [0.1, 0.15) is 19.2 Å². The lowest BCUT2D eigenvalue weighted by Crippen LogP contribution is -2.33. The molecule has 0 aliphatic carbocycles. The Balaban J connectivity index is 1.65. The third-order valence-corrected chi connectivity index (χ3v) is 6.85. The molecule has 2 heterocycles. The van der Waals surface area contributed by atoms with Gasteiger partial charge in [0.2, 0.25) is 5.95 Å². The number of allylic oxidation sites excluding steroid dienone is 2. The van der Waals surface area contributed by atoms with E-state index >= 15 is 0 Å². The van der Waals surface area contributed by atoms with Crippen LogP contribution in [0.3, 0.4) is 0 Å². The Morgan fingerprint density at radius 3 is 2.36 bits per heavy atom. The molecule has 0 radical (unpaired) electrons. The topological polar surface area (TPSA) is 135 Å². The van der Waals surface area contributed by atoms with Gasteiger partial charge in [0.25, 0.3) is 5.95 Å². The lowest BCUT2D eigenvalue weighted by Gasteiger charge is -2.34. The van der Waals surface area contributed by atoms with Gasteiger partial charge in [-0.15, -0.1) is 5.10 Å². The highest BCUT2D eigenvalue weighted by atomic mass is 19.4. The van der Waals surface area contributed by atoms with Crippen LogP contribution in [0.15, 0.2) is 90.1 Å². The molecule has 44 heavy (non-hydrogen) atoms. The maximum absolute atomic E-state index is 13.7. The van der Waals surface area contributed by atoms with E-state index in [0.29, 0.717) is 16.7 Å². The number of rotatable bonds is 6. The van der Waals surface area contributed by atoms with E-state index in [4.69, 9.17) is 4.74 Å². The zero-order valence-electron chi connectivity index (χ0n) is 23.0. The molecule has 0 N–H and O–H groups in total. The number of hydrogen-bond donors (Lipinski definition) is 0. The summed E-state index contributed by atoms with van der Waals surface area (Å²) in [6.07, 6.45) is -5.57. The third kappa shape index (κ3) is 5.65. The second kappa shape index (κ2) is 12.0. The molecule has 1 amide bonds. The van der Waals surface area contributed by atoms with Crippen molar-refractivity contribution in [2.24, 2.45) is 0 Å². The number of nitrogens with zero attached hydrogens (tertiary/aromatic N) is 8. The number of ether oxygens (including phenoxy) is 1. The zero-order chi connectivity index (χ0) is 31.4. The Kier molecular flexibility index (Phi) is 8.01. The fourth-order valence-electron chi connectivity index (χ4n) is 4.74. The minimum absolute atomic E-state index is 0.0102. The van der Waals surface area contributed by atoms with Crippen molar-refractivity contribution in [1.29, 1.82) is 15.8 Å². The van der Waals surface area contributed by atoms with E-state index in [1.54, 1.807) is 61.5 Å². The Labute approximate surface area is 249 Å². The summed E-state index contributed by atoms with van der Waals surface area (Å²) in [5.41, 5.74) is 1.13. The van der Waals surface area contributed by atoms with Gasteiger partial charge in [-0.3, -0.25) is 4.90 Å². The number of carbonyl (C=O) groups is 1. The molecule has 1 aliphatic heterocycles. The number of amides is 1. The average molecular weight is 595 g/mol. The Morgan fingerprint density at radius 1 is 1.00 bits per heavy atom. The molecule has 0 saturated heterocycles. The van der Waals surface area contributed by atoms with Gasteiger partial charge in [-0.05, 0) is 48.4 Å². The molecule has 218 valence electrons. The number of alkyl halides is 3. The van der Waals surface area contributed by atoms with Crippen molar-refractivity contribution < 1.29 is 22.7 Å². The van der Waals surface area contributed by atoms with Gasteiger partial charge in [-0.1, -0.05) is 48.5 Å². The van der Waals surface area contributed by atoms with Gasteiger partial charge in [0.15, 0.2) is 0 Å².